The first kappa shape index (κ1) is 24.5. The van der Waals surface area contributed by atoms with Gasteiger partial charge in [0.15, 0.2) is 0 Å². The lowest BCUT2D eigenvalue weighted by Crippen LogP contribution is -2.48. The summed E-state index contributed by atoms with van der Waals surface area (Å²) >= 11 is 0. The fourth-order valence-corrected chi connectivity index (χ4v) is 6.64. The van der Waals surface area contributed by atoms with Gasteiger partial charge in [-0.05, 0) is 78.8 Å². The lowest BCUT2D eigenvalue weighted by atomic mass is 9.78. The number of piperidine rings is 1. The molecule has 4 aliphatic rings. The molecule has 1 amide bonds. The van der Waals surface area contributed by atoms with Crippen LogP contribution in [0.2, 0.25) is 0 Å². The number of fused-ring (bicyclic) bond motifs is 2. The lowest BCUT2D eigenvalue weighted by molar-refractivity contribution is -0.174. The number of hydrogen-bond acceptors (Lipinski definition) is 6. The monoisotopic (exact) mass is 462 g/mol. The summed E-state index contributed by atoms with van der Waals surface area (Å²) in [6.45, 7) is 10.1. The van der Waals surface area contributed by atoms with Gasteiger partial charge in [0.25, 0.3) is 0 Å². The number of hydrogen-bond donors (Lipinski definition) is 0. The molecule has 2 aliphatic carbocycles. The highest BCUT2D eigenvalue weighted by Crippen LogP contribution is 2.45. The Hall–Kier alpha value is -1.63. The van der Waals surface area contributed by atoms with Gasteiger partial charge in [-0.2, -0.15) is 0 Å². The molecule has 0 aromatic heterocycles. The molecule has 0 aromatic rings. The summed E-state index contributed by atoms with van der Waals surface area (Å²) in [6.07, 6.45) is 8.41. The molecule has 2 bridgehead atoms. The second-order valence-electron chi connectivity index (χ2n) is 11.5. The average Bonchev–Trinajstić information content (AvgIpc) is 3.39. The number of carbonyl (C=O) groups excluding carboxylic acids is 3. The third kappa shape index (κ3) is 5.23. The Morgan fingerprint density at radius 2 is 1.70 bits per heavy atom. The Balaban J connectivity index is 1.46. The molecule has 4 rings (SSSR count). The maximum Gasteiger partial charge on any atom is 0.320 e. The fraction of sp³-hybridized carbons (Fsp3) is 0.885. The first-order valence-electron chi connectivity index (χ1n) is 13.1. The summed E-state index contributed by atoms with van der Waals surface area (Å²) in [6, 6.07) is -0.153. The third-order valence-corrected chi connectivity index (χ3v) is 8.47. The van der Waals surface area contributed by atoms with Crippen LogP contribution in [0.4, 0.5) is 0 Å². The van der Waals surface area contributed by atoms with Crippen LogP contribution in [0.1, 0.15) is 85.5 Å². The molecule has 0 radical (unpaired) electrons. The van der Waals surface area contributed by atoms with Crippen molar-refractivity contribution in [3.8, 4) is 0 Å². The van der Waals surface area contributed by atoms with Gasteiger partial charge in [-0.3, -0.25) is 19.3 Å². The van der Waals surface area contributed by atoms with Crippen molar-refractivity contribution >= 4 is 17.8 Å². The van der Waals surface area contributed by atoms with Crippen LogP contribution < -0.4 is 0 Å². The van der Waals surface area contributed by atoms with Crippen LogP contribution in [0.3, 0.4) is 0 Å². The number of esters is 2. The predicted octanol–water partition coefficient (Wildman–Crippen LogP) is 3.54. The molecule has 33 heavy (non-hydrogen) atoms. The zero-order valence-corrected chi connectivity index (χ0v) is 20.9. The predicted molar refractivity (Wildman–Crippen MR) is 124 cm³/mol. The van der Waals surface area contributed by atoms with Crippen LogP contribution in [0, 0.1) is 17.8 Å². The molecule has 0 N–H and O–H groups in total. The largest absolute Gasteiger partial charge is 0.459 e. The lowest BCUT2D eigenvalue weighted by Gasteiger charge is -2.38. The Kier molecular flexibility index (Phi) is 7.37. The standard InChI is InChI=1S/C26H42N2O5/c1-17(2)28-21-14-19(24(28)30)20(25(31)33-26(3,4)18-10-6-7-11-18)15-22(21)32-23(29)16-27-12-8-5-9-13-27/h17-22H,5-16H2,1-4H3. The minimum atomic E-state index is -0.550. The number of carbonyl (C=O) groups is 3. The summed E-state index contributed by atoms with van der Waals surface area (Å²) < 4.78 is 12.1. The normalized spacial score (nSPS) is 31.3. The molecule has 186 valence electrons. The second-order valence-corrected chi connectivity index (χ2v) is 11.5. The second kappa shape index (κ2) is 9.93. The van der Waals surface area contributed by atoms with E-state index in [0.29, 0.717) is 18.8 Å². The molecule has 2 aliphatic heterocycles. The van der Waals surface area contributed by atoms with Crippen molar-refractivity contribution in [3.05, 3.63) is 0 Å². The SMILES string of the molecule is CC(C)N1C(=O)C2CC1C(OC(=O)CN1CCCCC1)CC2C(=O)OC(C)(C)C1CCCC1. The van der Waals surface area contributed by atoms with Gasteiger partial charge >= 0.3 is 11.9 Å². The van der Waals surface area contributed by atoms with Crippen LogP contribution in [0.5, 0.6) is 0 Å². The summed E-state index contributed by atoms with van der Waals surface area (Å²) in [7, 11) is 0. The highest BCUT2D eigenvalue weighted by molar-refractivity contribution is 5.88. The van der Waals surface area contributed by atoms with Crippen molar-refractivity contribution in [2.24, 2.45) is 17.8 Å². The topological polar surface area (TPSA) is 76.2 Å². The van der Waals surface area contributed by atoms with Crippen molar-refractivity contribution in [2.75, 3.05) is 19.6 Å². The molecular formula is C26H42N2O5. The zero-order valence-electron chi connectivity index (χ0n) is 20.9. The van der Waals surface area contributed by atoms with E-state index >= 15 is 0 Å². The highest BCUT2D eigenvalue weighted by Gasteiger charge is 2.56. The Morgan fingerprint density at radius 1 is 1.03 bits per heavy atom. The van der Waals surface area contributed by atoms with Crippen LogP contribution in [-0.4, -0.2) is 71.1 Å². The van der Waals surface area contributed by atoms with Gasteiger partial charge in [0.2, 0.25) is 5.91 Å². The number of likely N-dealkylation sites (tertiary alicyclic amines) is 2. The van der Waals surface area contributed by atoms with Gasteiger partial charge in [0, 0.05) is 12.5 Å². The van der Waals surface area contributed by atoms with E-state index in [9.17, 15) is 14.4 Å². The molecule has 4 fully saturated rings. The van der Waals surface area contributed by atoms with Gasteiger partial charge in [-0.1, -0.05) is 19.3 Å². The van der Waals surface area contributed by atoms with Crippen LogP contribution in [-0.2, 0) is 23.9 Å². The molecule has 0 aromatic carbocycles. The third-order valence-electron chi connectivity index (χ3n) is 8.47. The van der Waals surface area contributed by atoms with Crippen LogP contribution in [0.15, 0.2) is 0 Å². The molecule has 2 saturated heterocycles. The Morgan fingerprint density at radius 3 is 2.33 bits per heavy atom. The quantitative estimate of drug-likeness (QED) is 0.539. The van der Waals surface area contributed by atoms with E-state index < -0.39 is 17.6 Å². The van der Waals surface area contributed by atoms with Crippen molar-refractivity contribution in [1.82, 2.24) is 9.80 Å². The summed E-state index contributed by atoms with van der Waals surface area (Å²) in [5.41, 5.74) is -0.537. The van der Waals surface area contributed by atoms with Crippen LogP contribution in [0.25, 0.3) is 0 Å². The smallest absolute Gasteiger partial charge is 0.320 e. The number of amides is 1. The minimum absolute atomic E-state index is 0.000460. The van der Waals surface area contributed by atoms with E-state index in [1.165, 1.54) is 19.3 Å². The van der Waals surface area contributed by atoms with Gasteiger partial charge in [-0.25, -0.2) is 0 Å². The molecule has 0 spiro atoms. The molecule has 7 nitrogen and oxygen atoms in total. The molecule has 7 heteroatoms. The molecule has 4 atom stereocenters. The Labute approximate surface area is 198 Å². The summed E-state index contributed by atoms with van der Waals surface area (Å²) in [5, 5.41) is 0. The highest BCUT2D eigenvalue weighted by atomic mass is 16.6. The van der Waals surface area contributed by atoms with E-state index in [1.807, 2.05) is 32.6 Å². The first-order chi connectivity index (χ1) is 15.7. The van der Waals surface area contributed by atoms with Crippen molar-refractivity contribution in [1.29, 1.82) is 0 Å². The fourth-order valence-electron chi connectivity index (χ4n) is 6.64. The van der Waals surface area contributed by atoms with Crippen molar-refractivity contribution in [3.63, 3.8) is 0 Å². The maximum absolute atomic E-state index is 13.4. The molecule has 4 unspecified atom stereocenters. The number of nitrogens with zero attached hydrogens (tertiary/aromatic N) is 2. The maximum atomic E-state index is 13.4. The van der Waals surface area contributed by atoms with Gasteiger partial charge in [-0.15, -0.1) is 0 Å². The summed E-state index contributed by atoms with van der Waals surface area (Å²) in [5.74, 6) is -1.10. The van der Waals surface area contributed by atoms with Crippen molar-refractivity contribution in [2.45, 2.75) is 109 Å². The molecular weight excluding hydrogens is 420 g/mol. The van der Waals surface area contributed by atoms with Crippen molar-refractivity contribution < 1.29 is 23.9 Å². The summed E-state index contributed by atoms with van der Waals surface area (Å²) in [4.78, 5) is 43.5. The first-order valence-corrected chi connectivity index (χ1v) is 13.1. The Bertz CT molecular complexity index is 739. The van der Waals surface area contributed by atoms with Crippen LogP contribution >= 0.6 is 0 Å². The van der Waals surface area contributed by atoms with Gasteiger partial charge in [0.1, 0.15) is 11.7 Å². The van der Waals surface area contributed by atoms with E-state index in [1.54, 1.807) is 0 Å². The van der Waals surface area contributed by atoms with Gasteiger partial charge in [0.05, 0.1) is 24.4 Å². The van der Waals surface area contributed by atoms with E-state index in [2.05, 4.69) is 4.90 Å². The molecule has 2 saturated carbocycles. The number of rotatable bonds is 7. The van der Waals surface area contributed by atoms with E-state index in [0.717, 1.165) is 38.8 Å². The molecule has 2 heterocycles. The van der Waals surface area contributed by atoms with E-state index in [4.69, 9.17) is 9.47 Å². The average molecular weight is 463 g/mol. The zero-order chi connectivity index (χ0) is 23.8. The van der Waals surface area contributed by atoms with E-state index in [-0.39, 0.29) is 42.4 Å². The number of ether oxygens (including phenoxy) is 2. The minimum Gasteiger partial charge on any atom is -0.459 e. The van der Waals surface area contributed by atoms with Gasteiger partial charge < -0.3 is 14.4 Å².